The van der Waals surface area contributed by atoms with Gasteiger partial charge in [-0.15, -0.1) is 0 Å². The lowest BCUT2D eigenvalue weighted by Crippen LogP contribution is -2.07. The van der Waals surface area contributed by atoms with E-state index in [1.807, 2.05) is 6.07 Å². The number of benzene rings is 1. The highest BCUT2D eigenvalue weighted by molar-refractivity contribution is 7.54. The van der Waals surface area contributed by atoms with E-state index in [0.717, 1.165) is 0 Å². The van der Waals surface area contributed by atoms with Crippen LogP contribution < -0.4 is 0 Å². The maximum Gasteiger partial charge on any atom is 0.337 e. The second kappa shape index (κ2) is 5.21. The number of carbonyl (C=O) groups is 1. The molecule has 0 N–H and O–H groups in total. The van der Waals surface area contributed by atoms with E-state index < -0.39 is 7.60 Å². The van der Waals surface area contributed by atoms with Crippen molar-refractivity contribution in [3.05, 3.63) is 35.9 Å². The zero-order chi connectivity index (χ0) is 11.3. The van der Waals surface area contributed by atoms with Crippen molar-refractivity contribution in [2.45, 2.75) is 0 Å². The molecule has 5 heteroatoms. The van der Waals surface area contributed by atoms with Crippen LogP contribution in [0.5, 0.6) is 0 Å². The first-order valence-electron chi connectivity index (χ1n) is 4.40. The topological polar surface area (TPSA) is 52.6 Å². The van der Waals surface area contributed by atoms with Crippen LogP contribution in [0, 0.1) is 0 Å². The maximum atomic E-state index is 11.7. The van der Waals surface area contributed by atoms with Crippen molar-refractivity contribution >= 4 is 13.4 Å². The number of hydrogen-bond acceptors (Lipinski definition) is 4. The van der Waals surface area contributed by atoms with Crippen LogP contribution >= 0.6 is 7.60 Å². The summed E-state index contributed by atoms with van der Waals surface area (Å²) in [5, 5.41) is 0. The molecular formula is C10H13O4P. The second-order valence-electron chi connectivity index (χ2n) is 2.92. The molecule has 0 bridgehead atoms. The molecule has 1 aromatic carbocycles. The molecule has 0 unspecified atom stereocenters. The third kappa shape index (κ3) is 3.27. The lowest BCUT2D eigenvalue weighted by Gasteiger charge is -2.12. The summed E-state index contributed by atoms with van der Waals surface area (Å²) in [5.74, 6) is -0.248. The molecule has 0 radical (unpaired) electrons. The van der Waals surface area contributed by atoms with Gasteiger partial charge in [-0.3, -0.25) is 9.36 Å². The van der Waals surface area contributed by atoms with Crippen molar-refractivity contribution in [1.82, 2.24) is 0 Å². The molecule has 1 rings (SSSR count). The molecular weight excluding hydrogens is 215 g/mol. The quantitative estimate of drug-likeness (QED) is 0.573. The lowest BCUT2D eigenvalue weighted by molar-refractivity contribution is 0.101. The van der Waals surface area contributed by atoms with Gasteiger partial charge in [-0.25, -0.2) is 0 Å². The highest BCUT2D eigenvalue weighted by atomic mass is 31.2. The van der Waals surface area contributed by atoms with Gasteiger partial charge in [-0.1, -0.05) is 30.3 Å². The summed E-state index contributed by atoms with van der Waals surface area (Å²) in [6.45, 7) is 0. The number of hydrogen-bond donors (Lipinski definition) is 0. The molecule has 82 valence electrons. The van der Waals surface area contributed by atoms with Gasteiger partial charge in [0.05, 0.1) is 0 Å². The first-order valence-corrected chi connectivity index (χ1v) is 6.13. The van der Waals surface area contributed by atoms with Crippen molar-refractivity contribution in [3.63, 3.8) is 0 Å². The molecule has 0 aromatic heterocycles. The van der Waals surface area contributed by atoms with Gasteiger partial charge in [0.1, 0.15) is 6.16 Å². The Morgan fingerprint density at radius 1 is 1.20 bits per heavy atom. The minimum Gasteiger partial charge on any atom is -0.312 e. The molecule has 0 saturated carbocycles. The molecule has 15 heavy (non-hydrogen) atoms. The molecule has 0 aliphatic carbocycles. The van der Waals surface area contributed by atoms with Gasteiger partial charge >= 0.3 is 7.60 Å². The highest BCUT2D eigenvalue weighted by Crippen LogP contribution is 2.46. The third-order valence-electron chi connectivity index (χ3n) is 1.99. The SMILES string of the molecule is COP(=O)(CC(=O)c1ccccc1)OC. The monoisotopic (exact) mass is 228 g/mol. The van der Waals surface area contributed by atoms with E-state index in [0.29, 0.717) is 5.56 Å². The zero-order valence-corrected chi connectivity index (χ0v) is 9.57. The Labute approximate surface area is 88.7 Å². The second-order valence-corrected chi connectivity index (χ2v) is 5.19. The summed E-state index contributed by atoms with van der Waals surface area (Å²) in [6, 6.07) is 8.63. The smallest absolute Gasteiger partial charge is 0.312 e. The van der Waals surface area contributed by atoms with E-state index in [1.54, 1.807) is 24.3 Å². The molecule has 4 nitrogen and oxygen atoms in total. The van der Waals surface area contributed by atoms with Gasteiger partial charge in [0, 0.05) is 19.8 Å². The first kappa shape index (κ1) is 12.1. The van der Waals surface area contributed by atoms with Crippen molar-refractivity contribution in [1.29, 1.82) is 0 Å². The van der Waals surface area contributed by atoms with Crippen LogP contribution in [0.15, 0.2) is 30.3 Å². The Balaban J connectivity index is 2.76. The summed E-state index contributed by atoms with van der Waals surface area (Å²) in [4.78, 5) is 11.6. The van der Waals surface area contributed by atoms with Crippen molar-refractivity contribution in [3.8, 4) is 0 Å². The van der Waals surface area contributed by atoms with Crippen LogP contribution in [0.3, 0.4) is 0 Å². The normalized spacial score (nSPS) is 11.3. The van der Waals surface area contributed by atoms with Crippen molar-refractivity contribution < 1.29 is 18.4 Å². The van der Waals surface area contributed by atoms with Gasteiger partial charge < -0.3 is 9.05 Å². The number of carbonyl (C=O) groups excluding carboxylic acids is 1. The largest absolute Gasteiger partial charge is 0.337 e. The zero-order valence-electron chi connectivity index (χ0n) is 8.67. The number of ketones is 1. The average molecular weight is 228 g/mol. The molecule has 0 saturated heterocycles. The highest BCUT2D eigenvalue weighted by Gasteiger charge is 2.25. The predicted octanol–water partition coefficient (Wildman–Crippen LogP) is 2.36. The fraction of sp³-hybridized carbons (Fsp3) is 0.300. The summed E-state index contributed by atoms with van der Waals surface area (Å²) in [5.41, 5.74) is 0.506. The Morgan fingerprint density at radius 3 is 2.20 bits per heavy atom. The predicted molar refractivity (Wildman–Crippen MR) is 57.3 cm³/mol. The molecule has 0 aliphatic heterocycles. The fourth-order valence-corrected chi connectivity index (χ4v) is 2.04. The Bertz CT molecular complexity index is 366. The molecule has 0 spiro atoms. The summed E-state index contributed by atoms with van der Waals surface area (Å²) in [6.07, 6.45) is -0.232. The van der Waals surface area contributed by atoms with Gasteiger partial charge in [0.15, 0.2) is 5.78 Å². The molecule has 0 fully saturated rings. The van der Waals surface area contributed by atoms with Gasteiger partial charge in [-0.2, -0.15) is 0 Å². The Morgan fingerprint density at radius 2 is 1.73 bits per heavy atom. The van der Waals surface area contributed by atoms with E-state index in [4.69, 9.17) is 9.05 Å². The lowest BCUT2D eigenvalue weighted by atomic mass is 10.2. The summed E-state index contributed by atoms with van der Waals surface area (Å²) >= 11 is 0. The Kier molecular flexibility index (Phi) is 4.21. The van der Waals surface area contributed by atoms with Crippen molar-refractivity contribution in [2.75, 3.05) is 20.4 Å². The molecule has 0 aliphatic rings. The minimum absolute atomic E-state index is 0.232. The van der Waals surface area contributed by atoms with E-state index in [-0.39, 0.29) is 11.9 Å². The van der Waals surface area contributed by atoms with E-state index in [2.05, 4.69) is 0 Å². The average Bonchev–Trinajstić information content (AvgIpc) is 2.30. The van der Waals surface area contributed by atoms with Crippen LogP contribution in [0.25, 0.3) is 0 Å². The van der Waals surface area contributed by atoms with Crippen LogP contribution in [0.2, 0.25) is 0 Å². The standard InChI is InChI=1S/C10H13O4P/c1-13-15(12,14-2)8-10(11)9-6-4-3-5-7-9/h3-7H,8H2,1-2H3. The minimum atomic E-state index is -3.25. The molecule has 0 atom stereocenters. The van der Waals surface area contributed by atoms with Crippen LogP contribution in [-0.2, 0) is 13.6 Å². The van der Waals surface area contributed by atoms with E-state index >= 15 is 0 Å². The number of rotatable bonds is 5. The fourth-order valence-electron chi connectivity index (χ4n) is 1.09. The number of Topliss-reactive ketones (excluding diaryl/α,β-unsaturated/α-hetero) is 1. The van der Waals surface area contributed by atoms with Gasteiger partial charge in [0.25, 0.3) is 0 Å². The van der Waals surface area contributed by atoms with Crippen LogP contribution in [0.1, 0.15) is 10.4 Å². The third-order valence-corrected chi connectivity index (χ3v) is 3.78. The van der Waals surface area contributed by atoms with Gasteiger partial charge in [0.2, 0.25) is 0 Å². The van der Waals surface area contributed by atoms with Crippen LogP contribution in [0.4, 0.5) is 0 Å². The van der Waals surface area contributed by atoms with Crippen molar-refractivity contribution in [2.24, 2.45) is 0 Å². The molecule has 0 amide bonds. The van der Waals surface area contributed by atoms with E-state index in [1.165, 1.54) is 14.2 Å². The van der Waals surface area contributed by atoms with Gasteiger partial charge in [-0.05, 0) is 0 Å². The van der Waals surface area contributed by atoms with E-state index in [9.17, 15) is 9.36 Å². The summed E-state index contributed by atoms with van der Waals surface area (Å²) in [7, 11) is -0.719. The first-order chi connectivity index (χ1) is 7.11. The summed E-state index contributed by atoms with van der Waals surface area (Å²) < 4.78 is 21.1. The Hall–Kier alpha value is -0.960. The van der Waals surface area contributed by atoms with Crippen LogP contribution in [-0.4, -0.2) is 26.2 Å². The maximum absolute atomic E-state index is 11.7. The molecule has 0 heterocycles. The molecule has 1 aromatic rings.